The molecule has 4 rings (SSSR count). The molecule has 2 fully saturated rings. The molecule has 0 saturated carbocycles. The van der Waals surface area contributed by atoms with Crippen molar-refractivity contribution in [1.82, 2.24) is 19.2 Å². The third-order valence-corrected chi connectivity index (χ3v) is 13.4. The highest BCUT2D eigenvalue weighted by Crippen LogP contribution is 2.35. The quantitative estimate of drug-likeness (QED) is 0.282. The monoisotopic (exact) mass is 719 g/mol. The van der Waals surface area contributed by atoms with Crippen LogP contribution >= 0.6 is 45.9 Å². The molecule has 242 valence electrons. The first kappa shape index (κ1) is 35.6. The Morgan fingerprint density at radius 2 is 1.60 bits per heavy atom. The van der Waals surface area contributed by atoms with Gasteiger partial charge < -0.3 is 25.7 Å². The highest BCUT2D eigenvalue weighted by atomic mass is 35.5. The number of nitrogens with zero attached hydrogens (tertiary/aromatic N) is 2. The average molecular weight is 721 g/mol. The van der Waals surface area contributed by atoms with Crippen molar-refractivity contribution >= 4 is 83.8 Å². The summed E-state index contributed by atoms with van der Waals surface area (Å²) in [7, 11) is -7.50. The molecule has 19 heteroatoms. The van der Waals surface area contributed by atoms with Crippen molar-refractivity contribution in [1.29, 1.82) is 0 Å². The standard InChI is InChI=1S/C14H21ClN2O4S2.C10H14ClN3O4S2/c1-14(2,3)12-9(5-4-8-17(12)13(18)19)16-23(20,21)11-7-6-10(15)22-11;11-8-4-7(12)9(19-8)20(17,18)13-6-2-1-3-14(5-6)10(15)16/h6-7,9,12,16H,4-5,8H2,1-3H3,(H,18,19);4,6,13H,1-3,5,12H2,(H,15,16)/t;6-/m.0/s1. The molecule has 0 aliphatic carbocycles. The van der Waals surface area contributed by atoms with E-state index in [0.717, 1.165) is 22.7 Å². The lowest BCUT2D eigenvalue weighted by Crippen LogP contribution is -2.61. The number of amides is 2. The Labute approximate surface area is 269 Å². The van der Waals surface area contributed by atoms with Gasteiger partial charge in [0.25, 0.3) is 10.0 Å². The van der Waals surface area contributed by atoms with Crippen LogP contribution < -0.4 is 15.2 Å². The number of sulfonamides is 2. The van der Waals surface area contributed by atoms with Gasteiger partial charge in [0.1, 0.15) is 4.21 Å². The lowest BCUT2D eigenvalue weighted by molar-refractivity contribution is 0.0434. The molecule has 2 unspecified atom stereocenters. The van der Waals surface area contributed by atoms with Gasteiger partial charge in [-0.15, -0.1) is 22.7 Å². The van der Waals surface area contributed by atoms with Crippen LogP contribution in [0.25, 0.3) is 0 Å². The second kappa shape index (κ2) is 14.1. The summed E-state index contributed by atoms with van der Waals surface area (Å²) in [5, 5.41) is 18.4. The van der Waals surface area contributed by atoms with E-state index in [1.54, 1.807) is 0 Å². The molecule has 2 aromatic rings. The van der Waals surface area contributed by atoms with Gasteiger partial charge in [0.15, 0.2) is 4.21 Å². The summed E-state index contributed by atoms with van der Waals surface area (Å²) in [6.07, 6.45) is 0.351. The van der Waals surface area contributed by atoms with Crippen molar-refractivity contribution in [3.8, 4) is 0 Å². The normalized spacial score (nSPS) is 21.7. The fraction of sp³-hybridized carbons (Fsp3) is 0.583. The topological polar surface area (TPSA) is 199 Å². The van der Waals surface area contributed by atoms with Crippen molar-refractivity contribution in [3.63, 3.8) is 0 Å². The molecule has 2 amide bonds. The Morgan fingerprint density at radius 1 is 0.953 bits per heavy atom. The number of nitrogens with one attached hydrogen (secondary N) is 2. The molecule has 3 atom stereocenters. The number of carboxylic acid groups (broad SMARTS) is 2. The summed E-state index contributed by atoms with van der Waals surface area (Å²) in [5.41, 5.74) is 5.32. The highest BCUT2D eigenvalue weighted by Gasteiger charge is 2.43. The molecular formula is C24H35Cl2N5O8S4. The smallest absolute Gasteiger partial charge is 0.407 e. The number of rotatable bonds is 6. The summed E-state index contributed by atoms with van der Waals surface area (Å²) < 4.78 is 55.5. The van der Waals surface area contributed by atoms with Crippen molar-refractivity contribution in [3.05, 3.63) is 26.9 Å². The Balaban J connectivity index is 0.000000238. The average Bonchev–Trinajstić information content (AvgIpc) is 3.48. The van der Waals surface area contributed by atoms with Crippen LogP contribution in [-0.4, -0.2) is 86.8 Å². The Morgan fingerprint density at radius 3 is 2.12 bits per heavy atom. The molecule has 6 N–H and O–H groups in total. The number of nitrogen functional groups attached to an aromatic ring is 1. The van der Waals surface area contributed by atoms with E-state index in [0.29, 0.717) is 47.4 Å². The number of hydrogen-bond acceptors (Lipinski definition) is 9. The van der Waals surface area contributed by atoms with E-state index < -0.39 is 50.4 Å². The summed E-state index contributed by atoms with van der Waals surface area (Å²) in [6.45, 7) is 6.72. The summed E-state index contributed by atoms with van der Waals surface area (Å²) in [5.74, 6) is 0. The van der Waals surface area contributed by atoms with E-state index in [-0.39, 0.29) is 26.1 Å². The van der Waals surface area contributed by atoms with Gasteiger partial charge >= 0.3 is 12.2 Å². The van der Waals surface area contributed by atoms with Gasteiger partial charge in [-0.05, 0) is 49.3 Å². The first-order valence-electron chi connectivity index (χ1n) is 13.1. The van der Waals surface area contributed by atoms with Crippen LogP contribution in [0.3, 0.4) is 0 Å². The molecule has 4 heterocycles. The van der Waals surface area contributed by atoms with Gasteiger partial charge in [0.2, 0.25) is 10.0 Å². The van der Waals surface area contributed by atoms with Crippen LogP contribution in [-0.2, 0) is 20.0 Å². The molecule has 0 radical (unpaired) electrons. The van der Waals surface area contributed by atoms with Gasteiger partial charge in [-0.2, -0.15) is 0 Å². The number of thiophene rings is 2. The van der Waals surface area contributed by atoms with Crippen molar-refractivity contribution in [2.45, 2.75) is 73.0 Å². The maximum absolute atomic E-state index is 12.5. The number of nitrogens with two attached hydrogens (primary N) is 1. The number of hydrogen-bond donors (Lipinski definition) is 5. The van der Waals surface area contributed by atoms with Crippen molar-refractivity contribution < 1.29 is 36.6 Å². The minimum Gasteiger partial charge on any atom is -0.465 e. The minimum absolute atomic E-state index is 0.0325. The van der Waals surface area contributed by atoms with E-state index in [4.69, 9.17) is 34.0 Å². The molecule has 0 spiro atoms. The van der Waals surface area contributed by atoms with Gasteiger partial charge in [0.05, 0.1) is 20.4 Å². The van der Waals surface area contributed by atoms with Gasteiger partial charge in [-0.25, -0.2) is 35.9 Å². The first-order valence-corrected chi connectivity index (χ1v) is 18.5. The SMILES string of the molecule is CC(C)(C)C1C(NS(=O)(=O)c2ccc(Cl)s2)CCCN1C(=O)O.Nc1cc(Cl)sc1S(=O)(=O)N[C@H]1CCCN(C(=O)O)C1. The zero-order chi connectivity index (χ0) is 32.3. The summed E-state index contributed by atoms with van der Waals surface area (Å²) in [4.78, 5) is 25.0. The van der Waals surface area contributed by atoms with Crippen LogP contribution in [0.15, 0.2) is 26.6 Å². The summed E-state index contributed by atoms with van der Waals surface area (Å²) >= 11 is 13.4. The van der Waals surface area contributed by atoms with Crippen molar-refractivity contribution in [2.75, 3.05) is 25.4 Å². The number of halogens is 2. The Hall–Kier alpha value is -1.86. The molecule has 13 nitrogen and oxygen atoms in total. The maximum atomic E-state index is 12.5. The number of anilines is 1. The van der Waals surface area contributed by atoms with Crippen LogP contribution in [0.2, 0.25) is 8.67 Å². The van der Waals surface area contributed by atoms with Gasteiger partial charge in [-0.1, -0.05) is 44.0 Å². The second-order valence-electron chi connectivity index (χ2n) is 11.2. The Kier molecular flexibility index (Phi) is 11.6. The molecule has 43 heavy (non-hydrogen) atoms. The second-order valence-corrected chi connectivity index (χ2v) is 18.4. The van der Waals surface area contributed by atoms with Crippen LogP contribution in [0.5, 0.6) is 0 Å². The van der Waals surface area contributed by atoms with E-state index >= 15 is 0 Å². The molecule has 2 saturated heterocycles. The van der Waals surface area contributed by atoms with E-state index in [2.05, 4.69) is 9.44 Å². The molecule has 0 aromatic carbocycles. The van der Waals surface area contributed by atoms with Crippen LogP contribution in [0, 0.1) is 5.41 Å². The van der Waals surface area contributed by atoms with Gasteiger partial charge in [-0.3, -0.25) is 0 Å². The van der Waals surface area contributed by atoms with Crippen LogP contribution in [0.4, 0.5) is 15.3 Å². The lowest BCUT2D eigenvalue weighted by Gasteiger charge is -2.46. The number of carbonyl (C=O) groups is 2. The molecule has 0 bridgehead atoms. The summed E-state index contributed by atoms with van der Waals surface area (Å²) in [6, 6.07) is 3.02. The predicted octanol–water partition coefficient (Wildman–Crippen LogP) is 4.64. The van der Waals surface area contributed by atoms with E-state index in [1.165, 1.54) is 28.0 Å². The minimum atomic E-state index is -3.78. The third-order valence-electron chi connectivity index (χ3n) is 6.84. The van der Waals surface area contributed by atoms with Crippen molar-refractivity contribution in [2.24, 2.45) is 5.41 Å². The molecule has 2 aromatic heterocycles. The van der Waals surface area contributed by atoms with E-state index in [1.807, 2.05) is 20.8 Å². The number of likely N-dealkylation sites (tertiary alicyclic amines) is 2. The molecule has 2 aliphatic rings. The van der Waals surface area contributed by atoms with Gasteiger partial charge in [0, 0.05) is 31.7 Å². The molecular weight excluding hydrogens is 685 g/mol. The zero-order valence-electron chi connectivity index (χ0n) is 23.6. The number of piperidine rings is 2. The maximum Gasteiger partial charge on any atom is 0.407 e. The Bertz CT molecular complexity index is 1520. The zero-order valence-corrected chi connectivity index (χ0v) is 28.4. The fourth-order valence-corrected chi connectivity index (χ4v) is 11.0. The van der Waals surface area contributed by atoms with Crippen LogP contribution in [0.1, 0.15) is 46.5 Å². The predicted molar refractivity (Wildman–Crippen MR) is 167 cm³/mol. The highest BCUT2D eigenvalue weighted by molar-refractivity contribution is 7.92. The molecule has 2 aliphatic heterocycles. The fourth-order valence-electron chi connectivity index (χ4n) is 5.19. The third kappa shape index (κ3) is 9.32. The lowest BCUT2D eigenvalue weighted by atomic mass is 9.78. The first-order chi connectivity index (χ1) is 19.8. The largest absolute Gasteiger partial charge is 0.465 e. The van der Waals surface area contributed by atoms with E-state index in [9.17, 15) is 31.5 Å².